The van der Waals surface area contributed by atoms with Crippen molar-refractivity contribution < 1.29 is 9.53 Å². The topological polar surface area (TPSA) is 50.1 Å². The summed E-state index contributed by atoms with van der Waals surface area (Å²) >= 11 is 0. The molecule has 0 bridgehead atoms. The molecule has 0 spiro atoms. The fraction of sp³-hybridized carbons (Fsp3) is 0.667. The Bertz CT molecular complexity index is 110. The van der Waals surface area contributed by atoms with Gasteiger partial charge < -0.3 is 10.1 Å². The Morgan fingerprint density at radius 2 is 2.22 bits per heavy atom. The normalized spacial score (nSPS) is 10.4. The second-order valence-electron chi connectivity index (χ2n) is 2.54. The van der Waals surface area contributed by atoms with Gasteiger partial charge in [0.1, 0.15) is 6.61 Å². The van der Waals surface area contributed by atoms with Gasteiger partial charge in [0.25, 0.3) is 6.47 Å². The van der Waals surface area contributed by atoms with E-state index in [-0.39, 0.29) is 12.0 Å². The van der Waals surface area contributed by atoms with Crippen LogP contribution >= 0.6 is 0 Å². The lowest BCUT2D eigenvalue weighted by Crippen LogP contribution is -2.19. The van der Waals surface area contributed by atoms with Gasteiger partial charge in [0.2, 0.25) is 0 Å². The van der Waals surface area contributed by atoms with Crippen molar-refractivity contribution in [2.24, 2.45) is 5.41 Å². The lowest BCUT2D eigenvalue weighted by atomic mass is 9.97. The first-order valence-electron chi connectivity index (χ1n) is 2.69. The second kappa shape index (κ2) is 3.22. The monoisotopic (exact) mass is 129 g/mol. The number of carbonyl (C=O) groups excluding carboxylic acids is 1. The summed E-state index contributed by atoms with van der Waals surface area (Å²) in [6.45, 7) is 4.32. The van der Waals surface area contributed by atoms with E-state index in [1.54, 1.807) is 0 Å². The third kappa shape index (κ3) is 3.70. The van der Waals surface area contributed by atoms with Gasteiger partial charge in [0.15, 0.2) is 0 Å². The van der Waals surface area contributed by atoms with Crippen molar-refractivity contribution in [2.75, 3.05) is 6.61 Å². The Kier molecular flexibility index (Phi) is 2.91. The third-order valence-corrected chi connectivity index (χ3v) is 0.914. The van der Waals surface area contributed by atoms with Crippen LogP contribution in [-0.4, -0.2) is 19.3 Å². The van der Waals surface area contributed by atoms with Crippen molar-refractivity contribution in [3.63, 3.8) is 0 Å². The molecule has 0 saturated carbocycles. The summed E-state index contributed by atoms with van der Waals surface area (Å²) in [5, 5.41) is 6.86. The van der Waals surface area contributed by atoms with Crippen LogP contribution in [0, 0.1) is 10.8 Å². The SMILES string of the molecule is CC(C)(C=N)COC=O. The summed E-state index contributed by atoms with van der Waals surface area (Å²) in [7, 11) is 0. The van der Waals surface area contributed by atoms with Crippen molar-refractivity contribution in [2.45, 2.75) is 13.8 Å². The van der Waals surface area contributed by atoms with E-state index in [1.165, 1.54) is 6.21 Å². The lowest BCUT2D eigenvalue weighted by Gasteiger charge is -2.15. The molecule has 0 aliphatic rings. The van der Waals surface area contributed by atoms with Gasteiger partial charge in [0, 0.05) is 11.6 Å². The molecule has 3 heteroatoms. The first kappa shape index (κ1) is 8.14. The minimum absolute atomic E-state index is 0.278. The smallest absolute Gasteiger partial charge is 0.293 e. The van der Waals surface area contributed by atoms with Gasteiger partial charge in [-0.1, -0.05) is 13.8 Å². The van der Waals surface area contributed by atoms with Gasteiger partial charge in [0.05, 0.1) is 0 Å². The van der Waals surface area contributed by atoms with E-state index in [0.29, 0.717) is 6.47 Å². The summed E-state index contributed by atoms with van der Waals surface area (Å²) in [4.78, 5) is 9.67. The highest BCUT2D eigenvalue weighted by Crippen LogP contribution is 2.09. The van der Waals surface area contributed by atoms with Crippen molar-refractivity contribution >= 4 is 12.7 Å². The molecular formula is C6H11NO2. The second-order valence-corrected chi connectivity index (χ2v) is 2.54. The average molecular weight is 129 g/mol. The van der Waals surface area contributed by atoms with Crippen LogP contribution in [0.25, 0.3) is 0 Å². The molecule has 0 unspecified atom stereocenters. The van der Waals surface area contributed by atoms with Gasteiger partial charge in [-0.3, -0.25) is 4.79 Å². The number of hydrogen-bond donors (Lipinski definition) is 1. The number of hydrogen-bond acceptors (Lipinski definition) is 3. The summed E-state index contributed by atoms with van der Waals surface area (Å²) in [6, 6.07) is 0. The van der Waals surface area contributed by atoms with E-state index in [4.69, 9.17) is 5.41 Å². The van der Waals surface area contributed by atoms with E-state index >= 15 is 0 Å². The van der Waals surface area contributed by atoms with Gasteiger partial charge in [-0.05, 0) is 0 Å². The van der Waals surface area contributed by atoms with E-state index in [0.717, 1.165) is 0 Å². The van der Waals surface area contributed by atoms with Crippen LogP contribution in [0.4, 0.5) is 0 Å². The predicted molar refractivity (Wildman–Crippen MR) is 34.6 cm³/mol. The first-order chi connectivity index (χ1) is 4.12. The minimum atomic E-state index is -0.319. The van der Waals surface area contributed by atoms with E-state index in [9.17, 15) is 4.79 Å². The number of nitrogens with one attached hydrogen (secondary N) is 1. The number of ether oxygens (including phenoxy) is 1. The Morgan fingerprint density at radius 3 is 2.56 bits per heavy atom. The van der Waals surface area contributed by atoms with Crippen molar-refractivity contribution in [3.05, 3.63) is 0 Å². The molecule has 0 fully saturated rings. The van der Waals surface area contributed by atoms with Crippen LogP contribution in [0.3, 0.4) is 0 Å². The molecule has 0 aliphatic carbocycles. The standard InChI is InChI=1S/C6H11NO2/c1-6(2,3-7)4-9-5-8/h3,5,7H,4H2,1-2H3. The van der Waals surface area contributed by atoms with E-state index < -0.39 is 0 Å². The maximum absolute atomic E-state index is 9.67. The predicted octanol–water partition coefficient (Wildman–Crippen LogP) is 0.835. The molecule has 0 aliphatic heterocycles. The zero-order valence-corrected chi connectivity index (χ0v) is 5.68. The molecule has 0 radical (unpaired) electrons. The average Bonchev–Trinajstić information content (AvgIpc) is 1.84. The highest BCUT2D eigenvalue weighted by molar-refractivity contribution is 5.61. The number of carbonyl (C=O) groups is 1. The molecule has 0 aromatic carbocycles. The molecule has 0 rings (SSSR count). The molecular weight excluding hydrogens is 118 g/mol. The van der Waals surface area contributed by atoms with E-state index in [2.05, 4.69) is 4.74 Å². The van der Waals surface area contributed by atoms with Crippen LogP contribution in [0.2, 0.25) is 0 Å². The van der Waals surface area contributed by atoms with Crippen molar-refractivity contribution in [1.82, 2.24) is 0 Å². The third-order valence-electron chi connectivity index (χ3n) is 0.914. The van der Waals surface area contributed by atoms with Crippen LogP contribution in [0.15, 0.2) is 0 Å². The molecule has 0 aromatic heterocycles. The fourth-order valence-corrected chi connectivity index (χ4v) is 0.290. The Labute approximate surface area is 54.5 Å². The molecule has 0 heterocycles. The number of rotatable bonds is 4. The fourth-order valence-electron chi connectivity index (χ4n) is 0.290. The zero-order valence-electron chi connectivity index (χ0n) is 5.68. The molecule has 0 saturated heterocycles. The van der Waals surface area contributed by atoms with Crippen molar-refractivity contribution in [3.8, 4) is 0 Å². The highest BCUT2D eigenvalue weighted by Gasteiger charge is 2.13. The molecule has 3 nitrogen and oxygen atoms in total. The molecule has 0 atom stereocenters. The van der Waals surface area contributed by atoms with Crippen LogP contribution in [0.5, 0.6) is 0 Å². The quantitative estimate of drug-likeness (QED) is 0.451. The van der Waals surface area contributed by atoms with Crippen LogP contribution < -0.4 is 0 Å². The zero-order chi connectivity index (χ0) is 7.33. The lowest BCUT2D eigenvalue weighted by molar-refractivity contribution is -0.130. The summed E-state index contributed by atoms with van der Waals surface area (Å²) in [5.74, 6) is 0. The molecule has 9 heavy (non-hydrogen) atoms. The van der Waals surface area contributed by atoms with Gasteiger partial charge >= 0.3 is 0 Å². The van der Waals surface area contributed by atoms with Gasteiger partial charge in [-0.2, -0.15) is 0 Å². The Hall–Kier alpha value is -0.860. The highest BCUT2D eigenvalue weighted by atomic mass is 16.5. The summed E-state index contributed by atoms with van der Waals surface area (Å²) < 4.78 is 4.46. The van der Waals surface area contributed by atoms with Crippen LogP contribution in [-0.2, 0) is 9.53 Å². The first-order valence-corrected chi connectivity index (χ1v) is 2.69. The van der Waals surface area contributed by atoms with Gasteiger partial charge in [-0.15, -0.1) is 0 Å². The Morgan fingerprint density at radius 1 is 1.67 bits per heavy atom. The largest absolute Gasteiger partial charge is 0.467 e. The molecule has 52 valence electrons. The minimum Gasteiger partial charge on any atom is -0.467 e. The maximum atomic E-state index is 9.67. The summed E-state index contributed by atoms with van der Waals surface area (Å²) in [6.07, 6.45) is 1.26. The molecule has 0 amide bonds. The maximum Gasteiger partial charge on any atom is 0.293 e. The van der Waals surface area contributed by atoms with Crippen molar-refractivity contribution in [1.29, 1.82) is 5.41 Å². The van der Waals surface area contributed by atoms with E-state index in [1.807, 2.05) is 13.8 Å². The molecule has 0 aromatic rings. The summed E-state index contributed by atoms with van der Waals surface area (Å²) in [5.41, 5.74) is -0.319. The molecule has 1 N–H and O–H groups in total. The van der Waals surface area contributed by atoms with Crippen LogP contribution in [0.1, 0.15) is 13.8 Å². The van der Waals surface area contributed by atoms with Gasteiger partial charge in [-0.25, -0.2) is 0 Å². The Balaban J connectivity index is 3.57.